The van der Waals surface area contributed by atoms with E-state index in [1.165, 1.54) is 0 Å². The fourth-order valence-electron chi connectivity index (χ4n) is 3.40. The van der Waals surface area contributed by atoms with Crippen LogP contribution in [0.5, 0.6) is 11.5 Å². The largest absolute Gasteiger partial charge is 0.457 e. The van der Waals surface area contributed by atoms with E-state index in [4.69, 9.17) is 4.74 Å². The van der Waals surface area contributed by atoms with E-state index in [9.17, 15) is 9.59 Å². The molecular formula is C22H26N2O3. The van der Waals surface area contributed by atoms with Crippen LogP contribution in [0.25, 0.3) is 0 Å². The van der Waals surface area contributed by atoms with E-state index >= 15 is 0 Å². The van der Waals surface area contributed by atoms with Crippen LogP contribution >= 0.6 is 0 Å². The summed E-state index contributed by atoms with van der Waals surface area (Å²) in [6, 6.07) is 16.9. The third-order valence-corrected chi connectivity index (χ3v) is 4.93. The van der Waals surface area contributed by atoms with Gasteiger partial charge in [0, 0.05) is 38.0 Å². The number of benzene rings is 2. The summed E-state index contributed by atoms with van der Waals surface area (Å²) >= 11 is 0. The second kappa shape index (κ2) is 9.33. The molecule has 1 saturated heterocycles. The van der Waals surface area contributed by atoms with Crippen LogP contribution in [-0.4, -0.2) is 43.3 Å². The summed E-state index contributed by atoms with van der Waals surface area (Å²) in [5.41, 5.74) is 0.716. The van der Waals surface area contributed by atoms with E-state index in [0.29, 0.717) is 24.3 Å². The molecule has 5 nitrogen and oxygen atoms in total. The van der Waals surface area contributed by atoms with Crippen LogP contribution in [-0.2, 0) is 4.79 Å². The average Bonchev–Trinajstić information content (AvgIpc) is 2.73. The molecule has 2 aromatic carbocycles. The summed E-state index contributed by atoms with van der Waals surface area (Å²) in [5.74, 6) is 1.69. The van der Waals surface area contributed by atoms with Crippen molar-refractivity contribution in [1.82, 2.24) is 10.2 Å². The van der Waals surface area contributed by atoms with Gasteiger partial charge >= 0.3 is 0 Å². The van der Waals surface area contributed by atoms with Crippen molar-refractivity contribution in [3.05, 3.63) is 60.2 Å². The van der Waals surface area contributed by atoms with Crippen LogP contribution in [0.2, 0.25) is 0 Å². The van der Waals surface area contributed by atoms with Crippen LogP contribution in [0.3, 0.4) is 0 Å². The van der Waals surface area contributed by atoms with Crippen LogP contribution in [0.15, 0.2) is 54.6 Å². The van der Waals surface area contributed by atoms with Crippen LogP contribution in [0.4, 0.5) is 0 Å². The third kappa shape index (κ3) is 5.41. The molecule has 1 atom stereocenters. The predicted octanol–water partition coefficient (Wildman–Crippen LogP) is 3.51. The summed E-state index contributed by atoms with van der Waals surface area (Å²) in [7, 11) is 1.65. The molecule has 5 heteroatoms. The molecule has 1 heterocycles. The maximum atomic E-state index is 12.9. The van der Waals surface area contributed by atoms with Crippen molar-refractivity contribution in [3.8, 4) is 11.5 Å². The molecule has 1 N–H and O–H groups in total. The summed E-state index contributed by atoms with van der Waals surface area (Å²) in [5, 5.41) is 2.64. The zero-order valence-electron chi connectivity index (χ0n) is 15.7. The highest BCUT2D eigenvalue weighted by Gasteiger charge is 2.26. The third-order valence-electron chi connectivity index (χ3n) is 4.93. The van der Waals surface area contributed by atoms with Crippen molar-refractivity contribution in [2.75, 3.05) is 26.7 Å². The van der Waals surface area contributed by atoms with Gasteiger partial charge in [-0.25, -0.2) is 0 Å². The Morgan fingerprint density at radius 2 is 1.78 bits per heavy atom. The fourth-order valence-corrected chi connectivity index (χ4v) is 3.40. The quantitative estimate of drug-likeness (QED) is 0.762. The summed E-state index contributed by atoms with van der Waals surface area (Å²) < 4.78 is 5.78. The highest BCUT2D eigenvalue weighted by atomic mass is 16.5. The molecule has 27 heavy (non-hydrogen) atoms. The Hall–Kier alpha value is -2.66. The number of rotatable bonds is 7. The number of carbonyl (C=O) groups is 2. The number of nitrogens with zero attached hydrogens (tertiary/aromatic N) is 1. The molecule has 3 rings (SSSR count). The predicted molar refractivity (Wildman–Crippen MR) is 105 cm³/mol. The number of piperidine rings is 1. The van der Waals surface area contributed by atoms with Gasteiger partial charge in [-0.15, -0.1) is 0 Å². The van der Waals surface area contributed by atoms with Gasteiger partial charge < -0.3 is 15.0 Å². The molecule has 2 aromatic rings. The Morgan fingerprint density at radius 1 is 1.07 bits per heavy atom. The molecule has 1 aliphatic heterocycles. The first-order valence-corrected chi connectivity index (χ1v) is 9.46. The minimum absolute atomic E-state index is 0.00988. The van der Waals surface area contributed by atoms with Gasteiger partial charge in [0.2, 0.25) is 5.91 Å². The first kappa shape index (κ1) is 19.1. The van der Waals surface area contributed by atoms with Crippen LogP contribution in [0.1, 0.15) is 29.6 Å². The lowest BCUT2D eigenvalue weighted by molar-refractivity contribution is -0.121. The monoisotopic (exact) mass is 366 g/mol. The Labute approximate surface area is 160 Å². The first-order chi connectivity index (χ1) is 13.2. The van der Waals surface area contributed by atoms with Gasteiger partial charge in [-0.1, -0.05) is 18.2 Å². The molecule has 1 aliphatic rings. The summed E-state index contributed by atoms with van der Waals surface area (Å²) in [6.45, 7) is 2.37. The minimum atomic E-state index is -0.00988. The molecule has 0 saturated carbocycles. The van der Waals surface area contributed by atoms with Crippen molar-refractivity contribution >= 4 is 11.7 Å². The second-order valence-corrected chi connectivity index (χ2v) is 6.87. The van der Waals surface area contributed by atoms with Gasteiger partial charge in [-0.05, 0) is 55.8 Å². The second-order valence-electron chi connectivity index (χ2n) is 6.87. The van der Waals surface area contributed by atoms with Gasteiger partial charge in [0.15, 0.2) is 5.78 Å². The Kier molecular flexibility index (Phi) is 6.60. The van der Waals surface area contributed by atoms with Gasteiger partial charge in [0.05, 0.1) is 0 Å². The number of nitrogens with one attached hydrogen (secondary N) is 1. The van der Waals surface area contributed by atoms with Gasteiger partial charge in [-0.2, -0.15) is 0 Å². The molecule has 0 bridgehead atoms. The van der Waals surface area contributed by atoms with E-state index in [0.717, 1.165) is 31.7 Å². The topological polar surface area (TPSA) is 58.6 Å². The first-order valence-electron chi connectivity index (χ1n) is 9.46. The van der Waals surface area contributed by atoms with Crippen molar-refractivity contribution in [3.63, 3.8) is 0 Å². The van der Waals surface area contributed by atoms with Gasteiger partial charge in [-0.3, -0.25) is 9.59 Å². The zero-order chi connectivity index (χ0) is 19.1. The molecule has 0 spiro atoms. The van der Waals surface area contributed by atoms with Crippen LogP contribution in [0, 0.1) is 5.92 Å². The van der Waals surface area contributed by atoms with E-state index in [-0.39, 0.29) is 17.6 Å². The van der Waals surface area contributed by atoms with Crippen molar-refractivity contribution in [2.24, 2.45) is 5.92 Å². The maximum absolute atomic E-state index is 12.9. The minimum Gasteiger partial charge on any atom is -0.457 e. The molecular weight excluding hydrogens is 340 g/mol. The number of hydrogen-bond donors (Lipinski definition) is 1. The van der Waals surface area contributed by atoms with E-state index < -0.39 is 0 Å². The Balaban J connectivity index is 1.57. The lowest BCUT2D eigenvalue weighted by Gasteiger charge is -2.31. The smallest absolute Gasteiger partial charge is 0.221 e. The molecule has 1 fully saturated rings. The molecule has 0 aliphatic carbocycles. The van der Waals surface area contributed by atoms with Crippen molar-refractivity contribution in [1.29, 1.82) is 0 Å². The van der Waals surface area contributed by atoms with Crippen molar-refractivity contribution in [2.45, 2.75) is 19.3 Å². The average molecular weight is 366 g/mol. The maximum Gasteiger partial charge on any atom is 0.221 e. The molecule has 1 unspecified atom stereocenters. The van der Waals surface area contributed by atoms with E-state index in [2.05, 4.69) is 10.2 Å². The lowest BCUT2D eigenvalue weighted by Crippen LogP contribution is -2.40. The number of hydrogen-bond acceptors (Lipinski definition) is 4. The number of ketones is 1. The lowest BCUT2D eigenvalue weighted by atomic mass is 9.90. The zero-order valence-corrected chi connectivity index (χ0v) is 15.7. The Bertz CT molecular complexity index is 759. The van der Waals surface area contributed by atoms with Gasteiger partial charge in [0.1, 0.15) is 11.5 Å². The number of ether oxygens (including phenoxy) is 1. The van der Waals surface area contributed by atoms with E-state index in [1.54, 1.807) is 7.05 Å². The normalized spacial score (nSPS) is 17.3. The molecule has 0 radical (unpaired) electrons. The molecule has 0 aromatic heterocycles. The number of para-hydroxylation sites is 1. The van der Waals surface area contributed by atoms with Gasteiger partial charge in [0.25, 0.3) is 0 Å². The molecule has 142 valence electrons. The SMILES string of the molecule is CNC(=O)CCN1CCCC(C(=O)c2ccc(Oc3ccccc3)cc2)C1. The summed E-state index contributed by atoms with van der Waals surface area (Å²) in [4.78, 5) is 26.5. The Morgan fingerprint density at radius 3 is 2.48 bits per heavy atom. The highest BCUT2D eigenvalue weighted by molar-refractivity contribution is 5.98. The van der Waals surface area contributed by atoms with Crippen LogP contribution < -0.4 is 10.1 Å². The highest BCUT2D eigenvalue weighted by Crippen LogP contribution is 2.24. The number of amides is 1. The number of likely N-dealkylation sites (tertiary alicyclic amines) is 1. The number of carbonyl (C=O) groups excluding carboxylic acids is 2. The van der Waals surface area contributed by atoms with E-state index in [1.807, 2.05) is 54.6 Å². The number of Topliss-reactive ketones (excluding diaryl/α,β-unsaturated/α-hetero) is 1. The standard InChI is InChI=1S/C22H26N2O3/c1-23-21(25)13-15-24-14-5-6-18(16-24)22(26)17-9-11-20(12-10-17)27-19-7-3-2-4-8-19/h2-4,7-12,18H,5-6,13-16H2,1H3,(H,23,25). The summed E-state index contributed by atoms with van der Waals surface area (Å²) in [6.07, 6.45) is 2.36. The van der Waals surface area contributed by atoms with Crippen molar-refractivity contribution < 1.29 is 14.3 Å². The molecule has 1 amide bonds. The fraction of sp³-hybridized carbons (Fsp3) is 0.364.